The van der Waals surface area contributed by atoms with Crippen molar-refractivity contribution in [1.29, 1.82) is 0 Å². The number of allylic oxidation sites excluding steroid dienone is 2. The van der Waals surface area contributed by atoms with E-state index in [1.165, 1.54) is 25.1 Å². The fraction of sp³-hybridized carbons (Fsp3) is 0.542. The summed E-state index contributed by atoms with van der Waals surface area (Å²) in [5.74, 6) is -1.27. The lowest BCUT2D eigenvalue weighted by Crippen LogP contribution is -2.35. The van der Waals surface area contributed by atoms with Gasteiger partial charge in [0.1, 0.15) is 0 Å². The average molecular weight is 481 g/mol. The molecule has 0 aromatic heterocycles. The summed E-state index contributed by atoms with van der Waals surface area (Å²) >= 11 is 0. The Morgan fingerprint density at radius 3 is 2.38 bits per heavy atom. The van der Waals surface area contributed by atoms with Crippen LogP contribution in [0.4, 0.5) is 24.5 Å². The van der Waals surface area contributed by atoms with Crippen molar-refractivity contribution in [3.8, 4) is 0 Å². The van der Waals surface area contributed by atoms with E-state index in [1.807, 2.05) is 13.8 Å². The highest BCUT2D eigenvalue weighted by molar-refractivity contribution is 6.25. The third-order valence-corrected chi connectivity index (χ3v) is 6.23. The predicted molar refractivity (Wildman–Crippen MR) is 125 cm³/mol. The smallest absolute Gasteiger partial charge is 0.393 e. The van der Waals surface area contributed by atoms with E-state index < -0.39 is 34.6 Å². The van der Waals surface area contributed by atoms with E-state index in [9.17, 15) is 27.9 Å². The zero-order valence-corrected chi connectivity index (χ0v) is 19.6. The summed E-state index contributed by atoms with van der Waals surface area (Å²) in [4.78, 5) is 24.4. The molecule has 0 bridgehead atoms. The van der Waals surface area contributed by atoms with Crippen molar-refractivity contribution in [3.05, 3.63) is 34.9 Å². The first-order valence-corrected chi connectivity index (χ1v) is 11.3. The molecule has 1 amide bonds. The van der Waals surface area contributed by atoms with Crippen molar-refractivity contribution in [3.63, 3.8) is 0 Å². The van der Waals surface area contributed by atoms with Gasteiger partial charge in [0.05, 0.1) is 17.4 Å². The van der Waals surface area contributed by atoms with Crippen molar-refractivity contribution in [2.75, 3.05) is 10.7 Å². The molecule has 10 heteroatoms. The number of nitrogens with one attached hydrogen (secondary N) is 2. The summed E-state index contributed by atoms with van der Waals surface area (Å²) in [5.41, 5.74) is 6.92. The number of ketones is 1. The minimum atomic E-state index is -4.84. The fourth-order valence-electron chi connectivity index (χ4n) is 4.73. The summed E-state index contributed by atoms with van der Waals surface area (Å²) in [6.45, 7) is 5.21. The molecule has 1 fully saturated rings. The molecule has 7 nitrogen and oxygen atoms in total. The van der Waals surface area contributed by atoms with E-state index in [0.717, 1.165) is 0 Å². The predicted octanol–water partition coefficient (Wildman–Crippen LogP) is 4.54. The van der Waals surface area contributed by atoms with Gasteiger partial charge in [0.15, 0.2) is 11.5 Å². The van der Waals surface area contributed by atoms with Crippen molar-refractivity contribution < 1.29 is 27.9 Å². The molecule has 186 valence electrons. The largest absolute Gasteiger partial charge is 0.435 e. The first-order valence-electron chi connectivity index (χ1n) is 11.3. The number of aliphatic hydroxyl groups excluding tert-OH is 1. The lowest BCUT2D eigenvalue weighted by molar-refractivity contribution is -0.118. The Morgan fingerprint density at radius 2 is 1.82 bits per heavy atom. The van der Waals surface area contributed by atoms with Gasteiger partial charge in [-0.2, -0.15) is 18.3 Å². The molecule has 1 saturated carbocycles. The Bertz CT molecular complexity index is 1020. The SMILES string of the molecule is CC1=C(/C(=N\Nc2ccc(C(N)=O)c(NC3CCC(O)CC3)c2)C(F)(F)F)C(=O)CC(C)(C)C1. The van der Waals surface area contributed by atoms with E-state index in [2.05, 4.69) is 15.8 Å². The van der Waals surface area contributed by atoms with Crippen LogP contribution >= 0.6 is 0 Å². The molecule has 34 heavy (non-hydrogen) atoms. The number of carbonyl (C=O) groups is 2. The standard InChI is InChI=1S/C24H31F3N4O3/c1-13-11-23(2,3)12-19(33)20(13)21(24(25,26)27)31-30-15-6-9-17(22(28)34)18(10-15)29-14-4-7-16(32)8-5-14/h6,9-10,14,16,29-30,32H,4-5,7-8,11-12H2,1-3H3,(H2,28,34)/b31-21+. The van der Waals surface area contributed by atoms with Gasteiger partial charge in [0.2, 0.25) is 0 Å². The first-order chi connectivity index (χ1) is 15.8. The minimum Gasteiger partial charge on any atom is -0.393 e. The molecule has 0 aliphatic heterocycles. The van der Waals surface area contributed by atoms with Gasteiger partial charge in [-0.3, -0.25) is 15.0 Å². The highest BCUT2D eigenvalue weighted by Gasteiger charge is 2.44. The summed E-state index contributed by atoms with van der Waals surface area (Å²) < 4.78 is 41.7. The van der Waals surface area contributed by atoms with E-state index >= 15 is 0 Å². The molecule has 0 atom stereocenters. The van der Waals surface area contributed by atoms with Gasteiger partial charge in [0, 0.05) is 23.7 Å². The third kappa shape index (κ3) is 6.16. The number of hydrazone groups is 1. The van der Waals surface area contributed by atoms with Crippen LogP contribution in [-0.4, -0.2) is 40.8 Å². The second-order valence-electron chi connectivity index (χ2n) is 9.94. The minimum absolute atomic E-state index is 0.00619. The van der Waals surface area contributed by atoms with Gasteiger partial charge in [-0.15, -0.1) is 0 Å². The molecule has 5 N–H and O–H groups in total. The number of benzene rings is 1. The molecule has 0 heterocycles. The maximum atomic E-state index is 13.9. The number of rotatable bonds is 6. The van der Waals surface area contributed by atoms with Crippen LogP contribution in [0.2, 0.25) is 0 Å². The Morgan fingerprint density at radius 1 is 1.18 bits per heavy atom. The molecule has 0 spiro atoms. The zero-order valence-electron chi connectivity index (χ0n) is 19.6. The second kappa shape index (κ2) is 9.77. The molecular formula is C24H31F3N4O3. The maximum absolute atomic E-state index is 13.9. The van der Waals surface area contributed by atoms with Gasteiger partial charge in [0.25, 0.3) is 5.91 Å². The summed E-state index contributed by atoms with van der Waals surface area (Å²) in [7, 11) is 0. The number of amides is 1. The van der Waals surface area contributed by atoms with Crippen molar-refractivity contribution in [1.82, 2.24) is 0 Å². The zero-order chi connectivity index (χ0) is 25.3. The summed E-state index contributed by atoms with van der Waals surface area (Å²) in [6, 6.07) is 4.27. The number of halogens is 3. The molecule has 0 radical (unpaired) electrons. The molecule has 0 saturated heterocycles. The number of hydrogen-bond acceptors (Lipinski definition) is 6. The number of nitrogens with zero attached hydrogens (tertiary/aromatic N) is 1. The summed E-state index contributed by atoms with van der Waals surface area (Å²) in [5, 5.41) is 16.5. The second-order valence-corrected chi connectivity index (χ2v) is 9.94. The molecule has 0 unspecified atom stereocenters. The van der Waals surface area contributed by atoms with E-state index in [1.54, 1.807) is 0 Å². The number of nitrogens with two attached hydrogens (primary N) is 1. The van der Waals surface area contributed by atoms with Crippen LogP contribution in [0.15, 0.2) is 34.4 Å². The van der Waals surface area contributed by atoms with Gasteiger partial charge in [-0.05, 0) is 62.6 Å². The number of Topliss-reactive ketones (excluding diaryl/α,β-unsaturated/α-hetero) is 1. The Balaban J connectivity index is 1.91. The number of hydrogen-bond donors (Lipinski definition) is 4. The highest BCUT2D eigenvalue weighted by Crippen LogP contribution is 2.39. The average Bonchev–Trinajstić information content (AvgIpc) is 2.70. The van der Waals surface area contributed by atoms with Crippen LogP contribution in [-0.2, 0) is 4.79 Å². The van der Waals surface area contributed by atoms with Gasteiger partial charge in [-0.25, -0.2) is 0 Å². The van der Waals surface area contributed by atoms with Gasteiger partial charge >= 0.3 is 6.18 Å². The monoisotopic (exact) mass is 480 g/mol. The lowest BCUT2D eigenvalue weighted by Gasteiger charge is -2.31. The van der Waals surface area contributed by atoms with E-state index in [-0.39, 0.29) is 29.8 Å². The van der Waals surface area contributed by atoms with Crippen LogP contribution in [0.1, 0.15) is 69.7 Å². The van der Waals surface area contributed by atoms with E-state index in [0.29, 0.717) is 43.4 Å². The topological polar surface area (TPSA) is 117 Å². The maximum Gasteiger partial charge on any atom is 0.435 e. The third-order valence-electron chi connectivity index (χ3n) is 6.23. The van der Waals surface area contributed by atoms with Crippen LogP contribution < -0.4 is 16.5 Å². The number of carbonyl (C=O) groups excluding carboxylic acids is 2. The number of anilines is 2. The number of alkyl halides is 3. The van der Waals surface area contributed by atoms with Crippen LogP contribution in [0, 0.1) is 5.41 Å². The van der Waals surface area contributed by atoms with Crippen molar-refractivity contribution >= 4 is 28.8 Å². The van der Waals surface area contributed by atoms with Crippen LogP contribution in [0.25, 0.3) is 0 Å². The number of primary amides is 1. The molecular weight excluding hydrogens is 449 g/mol. The van der Waals surface area contributed by atoms with Crippen LogP contribution in [0.5, 0.6) is 0 Å². The summed E-state index contributed by atoms with van der Waals surface area (Å²) in [6.07, 6.45) is -2.24. The Kier molecular flexibility index (Phi) is 7.40. The van der Waals surface area contributed by atoms with E-state index in [4.69, 9.17) is 5.73 Å². The van der Waals surface area contributed by atoms with Crippen molar-refractivity contribution in [2.45, 2.75) is 77.6 Å². The Labute approximate surface area is 196 Å². The molecule has 2 aliphatic rings. The van der Waals surface area contributed by atoms with Crippen molar-refractivity contribution in [2.24, 2.45) is 16.3 Å². The lowest BCUT2D eigenvalue weighted by atomic mass is 9.73. The van der Waals surface area contributed by atoms with Crippen LogP contribution in [0.3, 0.4) is 0 Å². The fourth-order valence-corrected chi connectivity index (χ4v) is 4.73. The normalized spacial score (nSPS) is 23.6. The Hall–Kier alpha value is -2.88. The first kappa shape index (κ1) is 25.7. The number of aliphatic hydroxyl groups is 1. The van der Waals surface area contributed by atoms with Gasteiger partial charge in [-0.1, -0.05) is 19.4 Å². The highest BCUT2D eigenvalue weighted by atomic mass is 19.4. The quantitative estimate of drug-likeness (QED) is 0.352. The molecule has 1 aromatic carbocycles. The molecule has 1 aromatic rings. The molecule has 2 aliphatic carbocycles. The van der Waals surface area contributed by atoms with Gasteiger partial charge < -0.3 is 16.2 Å². The molecule has 3 rings (SSSR count).